The Hall–Kier alpha value is -4.20. The van der Waals surface area contributed by atoms with Crippen LogP contribution in [0.3, 0.4) is 0 Å². The van der Waals surface area contributed by atoms with Crippen LogP contribution in [0.2, 0.25) is 0 Å². The number of rotatable bonds is 8. The quantitative estimate of drug-likeness (QED) is 0.186. The molecule has 1 fully saturated rings. The van der Waals surface area contributed by atoms with Crippen molar-refractivity contribution in [3.63, 3.8) is 0 Å². The van der Waals surface area contributed by atoms with E-state index in [4.69, 9.17) is 10.7 Å². The van der Waals surface area contributed by atoms with E-state index in [1.807, 2.05) is 19.1 Å². The molecule has 2 heterocycles. The summed E-state index contributed by atoms with van der Waals surface area (Å²) in [4.78, 5) is 22.0. The second-order valence-electron chi connectivity index (χ2n) is 11.4. The predicted octanol–water partition coefficient (Wildman–Crippen LogP) is 6.74. The zero-order chi connectivity index (χ0) is 32.5. The van der Waals surface area contributed by atoms with Crippen molar-refractivity contribution in [2.24, 2.45) is 18.7 Å². The Kier molecular flexibility index (Phi) is 9.06. The lowest BCUT2D eigenvalue weighted by atomic mass is 9.86. The van der Waals surface area contributed by atoms with Gasteiger partial charge in [-0.2, -0.15) is 31.4 Å². The molecule has 8 nitrogen and oxygen atoms in total. The molecule has 1 amide bonds. The van der Waals surface area contributed by atoms with Crippen LogP contribution in [-0.2, 0) is 37.0 Å². The minimum atomic E-state index is -4.93. The number of benzene rings is 2. The van der Waals surface area contributed by atoms with Crippen molar-refractivity contribution in [1.82, 2.24) is 19.7 Å². The van der Waals surface area contributed by atoms with Gasteiger partial charge in [-0.05, 0) is 79.5 Å². The highest BCUT2D eigenvalue weighted by molar-refractivity contribution is 5.93. The maximum Gasteiger partial charge on any atom is 0.416 e. The largest absolute Gasteiger partial charge is 0.416 e. The monoisotopic (exact) mass is 633 g/mol. The third kappa shape index (κ3) is 7.55. The van der Waals surface area contributed by atoms with Gasteiger partial charge in [-0.15, -0.1) is 0 Å². The number of carbonyl (C=O) groups is 1. The molecule has 0 aliphatic heterocycles. The maximum atomic E-state index is 13.5. The van der Waals surface area contributed by atoms with Crippen molar-refractivity contribution in [3.05, 3.63) is 64.8 Å². The topological polar surface area (TPSA) is 111 Å². The van der Waals surface area contributed by atoms with Gasteiger partial charge in [0.05, 0.1) is 28.8 Å². The molecule has 14 heteroatoms. The normalized spacial score (nSPS) is 17.4. The Balaban J connectivity index is 1.34. The van der Waals surface area contributed by atoms with E-state index in [2.05, 4.69) is 20.7 Å². The molecule has 0 bridgehead atoms. The summed E-state index contributed by atoms with van der Waals surface area (Å²) in [6, 6.07) is 6.68. The van der Waals surface area contributed by atoms with Gasteiger partial charge in [0.25, 0.3) is 0 Å². The highest BCUT2D eigenvalue weighted by Gasteiger charge is 2.37. The number of nitrogens with two attached hydrogens (primary N) is 1. The van der Waals surface area contributed by atoms with Crippen LogP contribution < -0.4 is 16.4 Å². The van der Waals surface area contributed by atoms with E-state index in [0.29, 0.717) is 42.2 Å². The molecule has 240 valence electrons. The Labute approximate surface area is 255 Å². The second-order valence-corrected chi connectivity index (χ2v) is 11.4. The molecule has 0 radical (unpaired) electrons. The van der Waals surface area contributed by atoms with Gasteiger partial charge in [0, 0.05) is 42.8 Å². The molecular weight excluding hydrogens is 600 g/mol. The molecular formula is C31H33F6N7O. The fourth-order valence-electron chi connectivity index (χ4n) is 5.70. The summed E-state index contributed by atoms with van der Waals surface area (Å²) < 4.78 is 81.4. The van der Waals surface area contributed by atoms with Gasteiger partial charge >= 0.3 is 12.4 Å². The first-order valence-corrected chi connectivity index (χ1v) is 14.6. The average molecular weight is 634 g/mol. The standard InChI is InChI=1S/C31H33F6N7O/c1-3-18-10-20(11-21-16-40-29(42-28(18)21)39-15-17-4-7-23(38)8-5-17)25-14-26(43-44(25)2)41-27(45)13-19-12-22(30(32,33)34)6-9-24(19)31(35,36)37/h6,9-12,14,16-17,23H,3-5,7-8,13,15,38H2,1-2H3,(H,39,40,42)(H,41,43,45). The number of nitrogens with zero attached hydrogens (tertiary/aromatic N) is 4. The summed E-state index contributed by atoms with van der Waals surface area (Å²) in [6.07, 6.45) is -4.16. The molecule has 1 aliphatic carbocycles. The smallest absolute Gasteiger partial charge is 0.354 e. The number of amides is 1. The lowest BCUT2D eigenvalue weighted by Crippen LogP contribution is -2.29. The van der Waals surface area contributed by atoms with E-state index < -0.39 is 41.4 Å². The predicted molar refractivity (Wildman–Crippen MR) is 158 cm³/mol. The molecule has 0 atom stereocenters. The van der Waals surface area contributed by atoms with Crippen LogP contribution in [0.1, 0.15) is 54.9 Å². The Bertz CT molecular complexity index is 1690. The van der Waals surface area contributed by atoms with Gasteiger partial charge in [-0.25, -0.2) is 9.97 Å². The third-order valence-corrected chi connectivity index (χ3v) is 8.12. The second kappa shape index (κ2) is 12.7. The summed E-state index contributed by atoms with van der Waals surface area (Å²) in [5.74, 6) is 0.158. The summed E-state index contributed by atoms with van der Waals surface area (Å²) in [5, 5.41) is 10.8. The molecule has 2 aromatic carbocycles. The highest BCUT2D eigenvalue weighted by Crippen LogP contribution is 2.37. The van der Waals surface area contributed by atoms with Gasteiger partial charge in [0.2, 0.25) is 11.9 Å². The van der Waals surface area contributed by atoms with E-state index in [1.54, 1.807) is 19.3 Å². The Morgan fingerprint density at radius 3 is 2.40 bits per heavy atom. The van der Waals surface area contributed by atoms with Crippen molar-refractivity contribution in [1.29, 1.82) is 0 Å². The van der Waals surface area contributed by atoms with Crippen LogP contribution >= 0.6 is 0 Å². The number of nitrogens with one attached hydrogen (secondary N) is 2. The minimum absolute atomic E-state index is 0.0376. The van der Waals surface area contributed by atoms with Crippen molar-refractivity contribution in [3.8, 4) is 11.3 Å². The number of aromatic nitrogens is 4. The van der Waals surface area contributed by atoms with Crippen LogP contribution in [0, 0.1) is 5.92 Å². The van der Waals surface area contributed by atoms with Gasteiger partial charge < -0.3 is 16.4 Å². The lowest BCUT2D eigenvalue weighted by Gasteiger charge is -2.26. The van der Waals surface area contributed by atoms with Crippen LogP contribution in [0.4, 0.5) is 38.1 Å². The van der Waals surface area contributed by atoms with Crippen LogP contribution in [-0.4, -0.2) is 38.2 Å². The molecule has 4 N–H and O–H groups in total. The molecule has 45 heavy (non-hydrogen) atoms. The fourth-order valence-corrected chi connectivity index (χ4v) is 5.70. The molecule has 0 spiro atoms. The Morgan fingerprint density at radius 1 is 1.00 bits per heavy atom. The fraction of sp³-hybridized carbons (Fsp3) is 0.419. The van der Waals surface area contributed by atoms with Crippen molar-refractivity contribution in [2.75, 3.05) is 17.2 Å². The zero-order valence-corrected chi connectivity index (χ0v) is 24.7. The van der Waals surface area contributed by atoms with E-state index in [9.17, 15) is 31.1 Å². The number of aryl methyl sites for hydroxylation is 2. The van der Waals surface area contributed by atoms with Crippen molar-refractivity contribution < 1.29 is 31.1 Å². The SMILES string of the molecule is CCc1cc(-c2cc(NC(=O)Cc3cc(C(F)(F)F)ccc3C(F)(F)F)nn2C)cc2cnc(NCC3CCC(N)CC3)nc12. The number of fused-ring (bicyclic) bond motifs is 1. The first kappa shape index (κ1) is 32.2. The van der Waals surface area contributed by atoms with E-state index in [1.165, 1.54) is 4.68 Å². The number of anilines is 2. The lowest BCUT2D eigenvalue weighted by molar-refractivity contribution is -0.142. The average Bonchev–Trinajstić information content (AvgIpc) is 3.34. The van der Waals surface area contributed by atoms with Gasteiger partial charge in [-0.3, -0.25) is 9.48 Å². The molecule has 0 unspecified atom stereocenters. The molecule has 5 rings (SSSR count). The van der Waals surface area contributed by atoms with Crippen molar-refractivity contribution in [2.45, 2.75) is 63.8 Å². The highest BCUT2D eigenvalue weighted by atomic mass is 19.4. The minimum Gasteiger partial charge on any atom is -0.354 e. The maximum absolute atomic E-state index is 13.5. The molecule has 0 saturated heterocycles. The molecule has 1 saturated carbocycles. The van der Waals surface area contributed by atoms with E-state index in [0.717, 1.165) is 54.3 Å². The zero-order valence-electron chi connectivity index (χ0n) is 24.7. The number of halogens is 6. The number of hydrogen-bond acceptors (Lipinski definition) is 6. The van der Waals surface area contributed by atoms with E-state index in [-0.39, 0.29) is 11.9 Å². The van der Waals surface area contributed by atoms with Crippen LogP contribution in [0.5, 0.6) is 0 Å². The molecule has 2 aromatic heterocycles. The van der Waals surface area contributed by atoms with E-state index >= 15 is 0 Å². The van der Waals surface area contributed by atoms with Crippen LogP contribution in [0.25, 0.3) is 22.2 Å². The first-order valence-electron chi connectivity index (χ1n) is 14.6. The number of carbonyl (C=O) groups excluding carboxylic acids is 1. The van der Waals surface area contributed by atoms with Crippen LogP contribution in [0.15, 0.2) is 42.6 Å². The third-order valence-electron chi connectivity index (χ3n) is 8.12. The summed E-state index contributed by atoms with van der Waals surface area (Å²) in [6.45, 7) is 2.77. The summed E-state index contributed by atoms with van der Waals surface area (Å²) in [7, 11) is 1.64. The first-order chi connectivity index (χ1) is 21.2. The summed E-state index contributed by atoms with van der Waals surface area (Å²) in [5.41, 5.74) is 5.72. The van der Waals surface area contributed by atoms with Gasteiger partial charge in [0.1, 0.15) is 0 Å². The van der Waals surface area contributed by atoms with Crippen molar-refractivity contribution >= 4 is 28.6 Å². The molecule has 1 aliphatic rings. The Morgan fingerprint density at radius 2 is 1.73 bits per heavy atom. The van der Waals surface area contributed by atoms with Gasteiger partial charge in [-0.1, -0.05) is 6.92 Å². The number of hydrogen-bond donors (Lipinski definition) is 3. The number of alkyl halides is 6. The van der Waals surface area contributed by atoms with Gasteiger partial charge in [0.15, 0.2) is 5.82 Å². The summed E-state index contributed by atoms with van der Waals surface area (Å²) >= 11 is 0. The molecule has 4 aromatic rings.